The number of halogens is 2. The maximum Gasteiger partial charge on any atom is 0.331 e. The van der Waals surface area contributed by atoms with Crippen LogP contribution >= 0.6 is 23.2 Å². The molecular weight excluding hydrogens is 373 g/mol. The standard InChI is InChI=1S/C20H17Cl2NO3/c21-17-7-5-15(18(22)11-17)6-8-20(25)26-13-19(24)23-10-9-14-3-1-2-4-16(14)12-23/h1-8,11H,9-10,12-13H2/b8-6+. The van der Waals surface area contributed by atoms with Crippen LogP contribution in [-0.2, 0) is 27.3 Å². The highest BCUT2D eigenvalue weighted by Gasteiger charge is 2.20. The predicted molar refractivity (Wildman–Crippen MR) is 102 cm³/mol. The van der Waals surface area contributed by atoms with Crippen LogP contribution in [0.1, 0.15) is 16.7 Å². The molecule has 0 aliphatic carbocycles. The number of hydrogen-bond donors (Lipinski definition) is 0. The van der Waals surface area contributed by atoms with E-state index in [4.69, 9.17) is 27.9 Å². The molecule has 1 aliphatic rings. The van der Waals surface area contributed by atoms with E-state index < -0.39 is 5.97 Å². The molecule has 0 saturated carbocycles. The molecule has 26 heavy (non-hydrogen) atoms. The van der Waals surface area contributed by atoms with E-state index in [0.717, 1.165) is 12.0 Å². The SMILES string of the molecule is O=C(/C=C/c1ccc(Cl)cc1Cl)OCC(=O)N1CCc2ccccc2C1. The number of carbonyl (C=O) groups excluding carboxylic acids is 2. The van der Waals surface area contributed by atoms with Crippen LogP contribution in [0, 0.1) is 0 Å². The van der Waals surface area contributed by atoms with Crippen molar-refractivity contribution in [3.63, 3.8) is 0 Å². The number of hydrogen-bond acceptors (Lipinski definition) is 3. The Labute approximate surface area is 162 Å². The Morgan fingerprint density at radius 1 is 1.12 bits per heavy atom. The summed E-state index contributed by atoms with van der Waals surface area (Å²) in [5, 5.41) is 0.952. The van der Waals surface area contributed by atoms with Crippen molar-refractivity contribution in [2.45, 2.75) is 13.0 Å². The third kappa shape index (κ3) is 4.65. The highest BCUT2D eigenvalue weighted by molar-refractivity contribution is 6.35. The van der Waals surface area contributed by atoms with Crippen LogP contribution < -0.4 is 0 Å². The summed E-state index contributed by atoms with van der Waals surface area (Å²) in [5.74, 6) is -0.799. The molecule has 1 heterocycles. The summed E-state index contributed by atoms with van der Waals surface area (Å²) in [6, 6.07) is 13.0. The molecule has 0 atom stereocenters. The van der Waals surface area contributed by atoms with Gasteiger partial charge >= 0.3 is 5.97 Å². The fourth-order valence-corrected chi connectivity index (χ4v) is 3.25. The zero-order valence-corrected chi connectivity index (χ0v) is 15.5. The Morgan fingerprint density at radius 2 is 1.88 bits per heavy atom. The number of amides is 1. The summed E-state index contributed by atoms with van der Waals surface area (Å²) in [7, 11) is 0. The molecule has 2 aromatic carbocycles. The number of fused-ring (bicyclic) bond motifs is 1. The molecule has 0 saturated heterocycles. The van der Waals surface area contributed by atoms with Gasteiger partial charge in [-0.1, -0.05) is 53.5 Å². The molecule has 2 aromatic rings. The number of carbonyl (C=O) groups is 2. The van der Waals surface area contributed by atoms with E-state index >= 15 is 0 Å². The first-order chi connectivity index (χ1) is 12.5. The van der Waals surface area contributed by atoms with Gasteiger partial charge in [-0.3, -0.25) is 4.79 Å². The molecule has 4 nitrogen and oxygen atoms in total. The average Bonchev–Trinajstić information content (AvgIpc) is 2.65. The monoisotopic (exact) mass is 389 g/mol. The van der Waals surface area contributed by atoms with Crippen LogP contribution in [0.15, 0.2) is 48.5 Å². The highest BCUT2D eigenvalue weighted by atomic mass is 35.5. The number of benzene rings is 2. The van der Waals surface area contributed by atoms with Gasteiger partial charge in [0.25, 0.3) is 5.91 Å². The van der Waals surface area contributed by atoms with Gasteiger partial charge in [0.15, 0.2) is 6.61 Å². The van der Waals surface area contributed by atoms with Crippen molar-refractivity contribution < 1.29 is 14.3 Å². The van der Waals surface area contributed by atoms with Gasteiger partial charge in [-0.25, -0.2) is 4.79 Å². The zero-order valence-electron chi connectivity index (χ0n) is 14.0. The van der Waals surface area contributed by atoms with E-state index in [-0.39, 0.29) is 12.5 Å². The van der Waals surface area contributed by atoms with E-state index in [1.54, 1.807) is 23.1 Å². The van der Waals surface area contributed by atoms with Crippen molar-refractivity contribution in [3.8, 4) is 0 Å². The van der Waals surface area contributed by atoms with Crippen LogP contribution in [0.5, 0.6) is 0 Å². The lowest BCUT2D eigenvalue weighted by Gasteiger charge is -2.28. The minimum Gasteiger partial charge on any atom is -0.452 e. The second-order valence-electron chi connectivity index (χ2n) is 5.94. The number of ether oxygens (including phenoxy) is 1. The second-order valence-corrected chi connectivity index (χ2v) is 6.78. The summed E-state index contributed by atoms with van der Waals surface area (Å²) < 4.78 is 5.04. The third-order valence-corrected chi connectivity index (χ3v) is 4.75. The Morgan fingerprint density at radius 3 is 2.65 bits per heavy atom. The molecule has 134 valence electrons. The lowest BCUT2D eigenvalue weighted by molar-refractivity contribution is -0.148. The first-order valence-electron chi connectivity index (χ1n) is 8.17. The lowest BCUT2D eigenvalue weighted by atomic mass is 10.00. The Bertz CT molecular complexity index is 864. The van der Waals surface area contributed by atoms with Crippen molar-refractivity contribution in [3.05, 3.63) is 75.3 Å². The van der Waals surface area contributed by atoms with Crippen molar-refractivity contribution in [2.24, 2.45) is 0 Å². The molecule has 0 fully saturated rings. The van der Waals surface area contributed by atoms with E-state index in [9.17, 15) is 9.59 Å². The lowest BCUT2D eigenvalue weighted by Crippen LogP contribution is -2.38. The summed E-state index contributed by atoms with van der Waals surface area (Å²) in [6.45, 7) is 0.895. The van der Waals surface area contributed by atoms with E-state index in [1.807, 2.05) is 18.2 Å². The van der Waals surface area contributed by atoms with Crippen molar-refractivity contribution >= 4 is 41.2 Å². The second kappa shape index (κ2) is 8.39. The Balaban J connectivity index is 1.51. The number of nitrogens with zero attached hydrogens (tertiary/aromatic N) is 1. The minimum absolute atomic E-state index is 0.203. The maximum absolute atomic E-state index is 12.3. The minimum atomic E-state index is -0.596. The van der Waals surface area contributed by atoms with Crippen molar-refractivity contribution in [2.75, 3.05) is 13.2 Å². The largest absolute Gasteiger partial charge is 0.452 e. The molecular formula is C20H17Cl2NO3. The molecule has 1 aliphatic heterocycles. The quantitative estimate of drug-likeness (QED) is 0.583. The smallest absolute Gasteiger partial charge is 0.331 e. The summed E-state index contributed by atoms with van der Waals surface area (Å²) in [4.78, 5) is 25.8. The Kier molecular flexibility index (Phi) is 5.96. The molecule has 3 rings (SSSR count). The fourth-order valence-electron chi connectivity index (χ4n) is 2.78. The summed E-state index contributed by atoms with van der Waals surface area (Å²) in [6.07, 6.45) is 3.58. The normalized spacial score (nSPS) is 13.5. The van der Waals surface area contributed by atoms with Gasteiger partial charge in [-0.2, -0.15) is 0 Å². The van der Waals surface area contributed by atoms with Gasteiger partial charge < -0.3 is 9.64 Å². The number of esters is 1. The van der Waals surface area contributed by atoms with Gasteiger partial charge in [0.2, 0.25) is 0 Å². The van der Waals surface area contributed by atoms with Crippen LogP contribution in [0.4, 0.5) is 0 Å². The van der Waals surface area contributed by atoms with Gasteiger partial charge in [0.05, 0.1) is 0 Å². The first kappa shape index (κ1) is 18.5. The Hall–Kier alpha value is -2.30. The fraction of sp³-hybridized carbons (Fsp3) is 0.200. The zero-order chi connectivity index (χ0) is 18.5. The van der Waals surface area contributed by atoms with Crippen molar-refractivity contribution in [1.82, 2.24) is 4.90 Å². The molecule has 0 spiro atoms. The summed E-state index contributed by atoms with van der Waals surface area (Å²) >= 11 is 11.9. The van der Waals surface area contributed by atoms with Gasteiger partial charge in [-0.05, 0) is 41.3 Å². The van der Waals surface area contributed by atoms with Gasteiger partial charge in [0.1, 0.15) is 0 Å². The summed E-state index contributed by atoms with van der Waals surface area (Å²) in [5.41, 5.74) is 3.04. The van der Waals surface area contributed by atoms with E-state index in [0.29, 0.717) is 28.7 Å². The molecule has 0 bridgehead atoms. The predicted octanol–water partition coefficient (Wildman–Crippen LogP) is 4.13. The first-order valence-corrected chi connectivity index (χ1v) is 8.93. The maximum atomic E-state index is 12.3. The molecule has 1 amide bonds. The topological polar surface area (TPSA) is 46.6 Å². The number of rotatable bonds is 4. The van der Waals surface area contributed by atoms with Crippen LogP contribution in [0.25, 0.3) is 6.08 Å². The van der Waals surface area contributed by atoms with Gasteiger partial charge in [-0.15, -0.1) is 0 Å². The van der Waals surface area contributed by atoms with Crippen LogP contribution in [0.2, 0.25) is 10.0 Å². The average molecular weight is 390 g/mol. The van der Waals surface area contributed by atoms with E-state index in [2.05, 4.69) is 6.07 Å². The highest BCUT2D eigenvalue weighted by Crippen LogP contribution is 2.22. The molecule has 0 aromatic heterocycles. The molecule has 0 unspecified atom stereocenters. The molecule has 0 radical (unpaired) electrons. The molecule has 6 heteroatoms. The van der Waals surface area contributed by atoms with E-state index in [1.165, 1.54) is 17.7 Å². The third-order valence-electron chi connectivity index (χ3n) is 4.18. The van der Waals surface area contributed by atoms with Crippen LogP contribution in [-0.4, -0.2) is 29.9 Å². The molecule has 0 N–H and O–H groups in total. The van der Waals surface area contributed by atoms with Crippen LogP contribution in [0.3, 0.4) is 0 Å². The van der Waals surface area contributed by atoms with Crippen molar-refractivity contribution in [1.29, 1.82) is 0 Å². The van der Waals surface area contributed by atoms with Gasteiger partial charge in [0, 0.05) is 29.2 Å².